The summed E-state index contributed by atoms with van der Waals surface area (Å²) >= 11 is 0. The van der Waals surface area contributed by atoms with Crippen LogP contribution in [0.4, 0.5) is 11.6 Å². The van der Waals surface area contributed by atoms with Gasteiger partial charge in [0.1, 0.15) is 10.6 Å². The summed E-state index contributed by atoms with van der Waals surface area (Å²) in [6.07, 6.45) is 2.31. The number of anilines is 2. The van der Waals surface area contributed by atoms with Gasteiger partial charge in [-0.2, -0.15) is 0 Å². The third-order valence-electron chi connectivity index (χ3n) is 2.61. The van der Waals surface area contributed by atoms with Gasteiger partial charge in [0.2, 0.25) is 5.95 Å². The molecular weight excluding hydrogens is 280 g/mol. The van der Waals surface area contributed by atoms with Gasteiger partial charge in [0.25, 0.3) is 10.0 Å². The van der Waals surface area contributed by atoms with Crippen LogP contribution in [0.1, 0.15) is 5.56 Å². The van der Waals surface area contributed by atoms with E-state index in [9.17, 15) is 8.42 Å². The summed E-state index contributed by atoms with van der Waals surface area (Å²) in [5, 5.41) is 0. The Labute approximate surface area is 116 Å². The molecule has 0 amide bonds. The molecule has 0 fully saturated rings. The molecule has 7 nitrogen and oxygen atoms in total. The number of nitrogens with one attached hydrogen (secondary N) is 1. The molecule has 0 saturated heterocycles. The molecule has 0 radical (unpaired) electrons. The van der Waals surface area contributed by atoms with Crippen LogP contribution >= 0.6 is 0 Å². The maximum Gasteiger partial charge on any atom is 0.264 e. The number of methoxy groups -OCH3 is 1. The Bertz CT molecular complexity index is 714. The monoisotopic (exact) mass is 294 g/mol. The number of sulfonamides is 1. The molecule has 1 aromatic carbocycles. The second-order valence-electron chi connectivity index (χ2n) is 4.07. The largest absolute Gasteiger partial charge is 0.496 e. The number of ether oxygens (including phenoxy) is 1. The number of hydrogen-bond acceptors (Lipinski definition) is 6. The Kier molecular flexibility index (Phi) is 3.75. The number of benzene rings is 1. The van der Waals surface area contributed by atoms with E-state index in [-0.39, 0.29) is 10.8 Å². The molecule has 0 aliphatic carbocycles. The maximum absolute atomic E-state index is 12.1. The van der Waals surface area contributed by atoms with E-state index in [0.717, 1.165) is 18.0 Å². The Morgan fingerprint density at radius 2 is 1.90 bits per heavy atom. The molecule has 0 bridgehead atoms. The molecule has 2 aromatic rings. The van der Waals surface area contributed by atoms with Crippen LogP contribution in [0.5, 0.6) is 5.75 Å². The number of rotatable bonds is 4. The first-order valence-electron chi connectivity index (χ1n) is 5.67. The fourth-order valence-electron chi connectivity index (χ4n) is 1.62. The minimum Gasteiger partial charge on any atom is -0.496 e. The Balaban J connectivity index is 2.28. The molecule has 20 heavy (non-hydrogen) atoms. The lowest BCUT2D eigenvalue weighted by Crippen LogP contribution is -2.14. The molecule has 0 atom stereocenters. The second-order valence-corrected chi connectivity index (χ2v) is 5.75. The van der Waals surface area contributed by atoms with Crippen molar-refractivity contribution in [2.75, 3.05) is 17.6 Å². The topological polar surface area (TPSA) is 107 Å². The Morgan fingerprint density at radius 3 is 2.45 bits per heavy atom. The van der Waals surface area contributed by atoms with Gasteiger partial charge in [-0.05, 0) is 30.7 Å². The third kappa shape index (κ3) is 2.97. The summed E-state index contributed by atoms with van der Waals surface area (Å²) in [6.45, 7) is 1.82. The van der Waals surface area contributed by atoms with Crippen LogP contribution in [0.15, 0.2) is 35.5 Å². The van der Waals surface area contributed by atoms with Crippen molar-refractivity contribution in [1.82, 2.24) is 9.97 Å². The average molecular weight is 294 g/mol. The van der Waals surface area contributed by atoms with Gasteiger partial charge < -0.3 is 10.5 Å². The highest BCUT2D eigenvalue weighted by molar-refractivity contribution is 7.92. The van der Waals surface area contributed by atoms with Gasteiger partial charge in [0.15, 0.2) is 0 Å². The number of aryl methyl sites for hydroxylation is 1. The summed E-state index contributed by atoms with van der Waals surface area (Å²) < 4.78 is 31.8. The van der Waals surface area contributed by atoms with Crippen LogP contribution < -0.4 is 15.2 Å². The molecule has 1 aromatic heterocycles. The molecule has 0 aliphatic heterocycles. The van der Waals surface area contributed by atoms with Gasteiger partial charge in [-0.3, -0.25) is 4.72 Å². The number of hydrogen-bond donors (Lipinski definition) is 2. The van der Waals surface area contributed by atoms with Gasteiger partial charge in [-0.1, -0.05) is 0 Å². The van der Waals surface area contributed by atoms with Crippen molar-refractivity contribution in [3.05, 3.63) is 36.2 Å². The number of nitrogen functional groups attached to an aromatic ring is 1. The van der Waals surface area contributed by atoms with E-state index >= 15 is 0 Å². The summed E-state index contributed by atoms with van der Waals surface area (Å²) in [7, 11) is -2.18. The van der Waals surface area contributed by atoms with Crippen molar-refractivity contribution in [1.29, 1.82) is 0 Å². The van der Waals surface area contributed by atoms with Crippen molar-refractivity contribution in [3.63, 3.8) is 0 Å². The number of nitrogens with zero attached hydrogens (tertiary/aromatic N) is 2. The van der Waals surface area contributed by atoms with Crippen LogP contribution in [0.3, 0.4) is 0 Å². The fraction of sp³-hybridized carbons (Fsp3) is 0.167. The molecule has 1 heterocycles. The fourth-order valence-corrected chi connectivity index (χ4v) is 2.56. The van der Waals surface area contributed by atoms with Crippen molar-refractivity contribution in [2.45, 2.75) is 11.8 Å². The van der Waals surface area contributed by atoms with Gasteiger partial charge >= 0.3 is 0 Å². The zero-order valence-electron chi connectivity index (χ0n) is 11.0. The lowest BCUT2D eigenvalue weighted by Gasteiger charge is -2.10. The molecule has 0 unspecified atom stereocenters. The van der Waals surface area contributed by atoms with Gasteiger partial charge in [0.05, 0.1) is 19.5 Å². The number of aromatic nitrogens is 2. The zero-order chi connectivity index (χ0) is 14.8. The molecule has 106 valence electrons. The van der Waals surface area contributed by atoms with E-state index in [4.69, 9.17) is 10.5 Å². The molecule has 0 saturated carbocycles. The van der Waals surface area contributed by atoms with E-state index in [0.29, 0.717) is 11.4 Å². The Morgan fingerprint density at radius 1 is 1.25 bits per heavy atom. The molecule has 3 N–H and O–H groups in total. The quantitative estimate of drug-likeness (QED) is 0.876. The van der Waals surface area contributed by atoms with Crippen LogP contribution in [0.2, 0.25) is 0 Å². The van der Waals surface area contributed by atoms with Crippen LogP contribution in [-0.2, 0) is 10.0 Å². The molecule has 2 rings (SSSR count). The first kappa shape index (κ1) is 14.1. The normalized spacial score (nSPS) is 11.1. The predicted molar refractivity (Wildman–Crippen MR) is 75.0 cm³/mol. The molecule has 0 spiro atoms. The third-order valence-corrected chi connectivity index (χ3v) is 3.94. The first-order chi connectivity index (χ1) is 9.42. The molecular formula is C12H14N4O3S. The van der Waals surface area contributed by atoms with Gasteiger partial charge in [-0.25, -0.2) is 18.4 Å². The highest BCUT2D eigenvalue weighted by Crippen LogP contribution is 2.23. The highest BCUT2D eigenvalue weighted by Gasteiger charge is 2.15. The van der Waals surface area contributed by atoms with E-state index < -0.39 is 10.0 Å². The maximum atomic E-state index is 12.1. The SMILES string of the molecule is COc1ccc(NS(=O)(=O)c2cnc(N)nc2)cc1C. The average Bonchev–Trinajstić information content (AvgIpc) is 2.39. The minimum absolute atomic E-state index is 0.0178. The van der Waals surface area contributed by atoms with E-state index in [1.54, 1.807) is 25.3 Å². The zero-order valence-corrected chi connectivity index (χ0v) is 11.8. The highest BCUT2D eigenvalue weighted by atomic mass is 32.2. The number of nitrogens with two attached hydrogens (primary N) is 1. The first-order valence-corrected chi connectivity index (χ1v) is 7.15. The van der Waals surface area contributed by atoms with E-state index in [1.165, 1.54) is 0 Å². The van der Waals surface area contributed by atoms with Crippen LogP contribution in [-0.4, -0.2) is 25.5 Å². The van der Waals surface area contributed by atoms with Crippen molar-refractivity contribution in [2.24, 2.45) is 0 Å². The van der Waals surface area contributed by atoms with E-state index in [1.807, 2.05) is 6.92 Å². The second kappa shape index (κ2) is 5.33. The smallest absolute Gasteiger partial charge is 0.264 e. The van der Waals surface area contributed by atoms with Gasteiger partial charge in [0, 0.05) is 5.69 Å². The predicted octanol–water partition coefficient (Wildman–Crippen LogP) is 1.18. The standard InChI is InChI=1S/C12H14N4O3S/c1-8-5-9(3-4-11(8)19-2)16-20(17,18)10-6-14-12(13)15-7-10/h3-7,16H,1-2H3,(H2,13,14,15). The summed E-state index contributed by atoms with van der Waals surface area (Å²) in [5.41, 5.74) is 6.57. The summed E-state index contributed by atoms with van der Waals surface area (Å²) in [6, 6.07) is 4.97. The lowest BCUT2D eigenvalue weighted by molar-refractivity contribution is 0.412. The Hall–Kier alpha value is -2.35. The van der Waals surface area contributed by atoms with Crippen LogP contribution in [0.25, 0.3) is 0 Å². The molecule has 0 aliphatic rings. The summed E-state index contributed by atoms with van der Waals surface area (Å²) in [5.74, 6) is 0.702. The van der Waals surface area contributed by atoms with Gasteiger partial charge in [-0.15, -0.1) is 0 Å². The molecule has 8 heteroatoms. The van der Waals surface area contributed by atoms with Crippen molar-refractivity contribution >= 4 is 21.7 Å². The minimum atomic E-state index is -3.74. The summed E-state index contributed by atoms with van der Waals surface area (Å²) in [4.78, 5) is 7.26. The van der Waals surface area contributed by atoms with Crippen LogP contribution in [0, 0.1) is 6.92 Å². The van der Waals surface area contributed by atoms with Crippen molar-refractivity contribution in [3.8, 4) is 5.75 Å². The lowest BCUT2D eigenvalue weighted by atomic mass is 10.2. The van der Waals surface area contributed by atoms with Crippen molar-refractivity contribution < 1.29 is 13.2 Å². The van der Waals surface area contributed by atoms with E-state index in [2.05, 4.69) is 14.7 Å².